The van der Waals surface area contributed by atoms with Crippen molar-refractivity contribution in [3.05, 3.63) is 29.3 Å². The van der Waals surface area contributed by atoms with Crippen molar-refractivity contribution in [3.63, 3.8) is 0 Å². The number of carbonyl (C=O) groups is 2. The molecular weight excluding hydrogens is 318 g/mol. The molecule has 25 heavy (non-hydrogen) atoms. The Kier molecular flexibility index (Phi) is 6.85. The van der Waals surface area contributed by atoms with Crippen LogP contribution < -0.4 is 10.1 Å². The maximum absolute atomic E-state index is 12.2. The van der Waals surface area contributed by atoms with Crippen molar-refractivity contribution in [3.8, 4) is 5.75 Å². The predicted molar refractivity (Wildman–Crippen MR) is 96.5 cm³/mol. The monoisotopic (exact) mass is 347 g/mol. The Labute approximate surface area is 150 Å². The van der Waals surface area contributed by atoms with Crippen LogP contribution in [0.25, 0.3) is 0 Å². The van der Waals surface area contributed by atoms with Gasteiger partial charge in [-0.05, 0) is 62.8 Å². The summed E-state index contributed by atoms with van der Waals surface area (Å²) in [5, 5.41) is 3.01. The number of hydrogen-bond acceptors (Lipinski definition) is 4. The van der Waals surface area contributed by atoms with Gasteiger partial charge in [-0.3, -0.25) is 4.79 Å². The van der Waals surface area contributed by atoms with Crippen LogP contribution >= 0.6 is 0 Å². The Morgan fingerprint density at radius 2 is 1.80 bits per heavy atom. The van der Waals surface area contributed by atoms with Crippen LogP contribution in [0, 0.1) is 19.8 Å². The molecular formula is C20H29NO4. The van der Waals surface area contributed by atoms with E-state index in [0.717, 1.165) is 30.4 Å². The van der Waals surface area contributed by atoms with Crippen LogP contribution in [0.2, 0.25) is 0 Å². The lowest BCUT2D eigenvalue weighted by Gasteiger charge is -2.30. The number of hydrogen-bond donors (Lipinski definition) is 1. The molecule has 0 aliphatic heterocycles. The molecule has 0 saturated heterocycles. The first kappa shape index (κ1) is 19.3. The standard InChI is InChI=1S/C20H29NO4/c1-13-9-14(2)11-17(10-13)24-12-19(22)25-16(4)20(23)21-18-8-6-5-7-15(18)3/h9-11,15-16,18H,5-8,12H2,1-4H3,(H,21,23)/t15-,16+,18-/m0/s1. The molecule has 3 atom stereocenters. The van der Waals surface area contributed by atoms with E-state index >= 15 is 0 Å². The number of esters is 1. The molecule has 1 N–H and O–H groups in total. The second-order valence-corrected chi connectivity index (χ2v) is 7.12. The molecule has 0 bridgehead atoms. The van der Waals surface area contributed by atoms with Crippen LogP contribution in [0.4, 0.5) is 0 Å². The number of amides is 1. The van der Waals surface area contributed by atoms with E-state index in [-0.39, 0.29) is 18.6 Å². The van der Waals surface area contributed by atoms with Gasteiger partial charge >= 0.3 is 5.97 Å². The third kappa shape index (κ3) is 6.07. The molecule has 1 amide bonds. The van der Waals surface area contributed by atoms with Crippen LogP contribution in [0.3, 0.4) is 0 Å². The molecule has 138 valence electrons. The van der Waals surface area contributed by atoms with Crippen molar-refractivity contribution in [1.29, 1.82) is 0 Å². The van der Waals surface area contributed by atoms with E-state index in [1.807, 2.05) is 32.0 Å². The van der Waals surface area contributed by atoms with E-state index in [2.05, 4.69) is 12.2 Å². The van der Waals surface area contributed by atoms with Gasteiger partial charge in [0.2, 0.25) is 0 Å². The van der Waals surface area contributed by atoms with E-state index in [0.29, 0.717) is 11.7 Å². The Balaban J connectivity index is 1.77. The fourth-order valence-electron chi connectivity index (χ4n) is 3.27. The highest BCUT2D eigenvalue weighted by Crippen LogP contribution is 2.23. The van der Waals surface area contributed by atoms with E-state index < -0.39 is 12.1 Å². The average Bonchev–Trinajstić information content (AvgIpc) is 2.54. The van der Waals surface area contributed by atoms with E-state index in [4.69, 9.17) is 9.47 Å². The van der Waals surface area contributed by atoms with Crippen LogP contribution in [0.5, 0.6) is 5.75 Å². The molecule has 1 aromatic carbocycles. The highest BCUT2D eigenvalue weighted by Gasteiger charge is 2.26. The van der Waals surface area contributed by atoms with Crippen LogP contribution in [-0.4, -0.2) is 30.6 Å². The molecule has 2 rings (SSSR count). The topological polar surface area (TPSA) is 64.6 Å². The van der Waals surface area contributed by atoms with Gasteiger partial charge in [0.1, 0.15) is 5.75 Å². The maximum atomic E-state index is 12.2. The molecule has 1 aromatic rings. The second kappa shape index (κ2) is 8.88. The minimum Gasteiger partial charge on any atom is -0.482 e. The fourth-order valence-corrected chi connectivity index (χ4v) is 3.27. The summed E-state index contributed by atoms with van der Waals surface area (Å²) in [6.45, 7) is 7.48. The predicted octanol–water partition coefficient (Wildman–Crippen LogP) is 3.31. The van der Waals surface area contributed by atoms with Gasteiger partial charge in [-0.25, -0.2) is 4.79 Å². The first-order valence-corrected chi connectivity index (χ1v) is 9.06. The van der Waals surface area contributed by atoms with Gasteiger partial charge in [-0.2, -0.15) is 0 Å². The number of ether oxygens (including phenoxy) is 2. The van der Waals surface area contributed by atoms with Crippen molar-refractivity contribution >= 4 is 11.9 Å². The summed E-state index contributed by atoms with van der Waals surface area (Å²) in [5.41, 5.74) is 2.13. The number of carbonyl (C=O) groups excluding carboxylic acids is 2. The number of benzene rings is 1. The summed E-state index contributed by atoms with van der Waals surface area (Å²) in [6.07, 6.45) is 3.65. The second-order valence-electron chi connectivity index (χ2n) is 7.12. The minimum atomic E-state index is -0.815. The molecule has 1 fully saturated rings. The fraction of sp³-hybridized carbons (Fsp3) is 0.600. The highest BCUT2D eigenvalue weighted by molar-refractivity contribution is 5.83. The van der Waals surface area contributed by atoms with Crippen LogP contribution in [0.15, 0.2) is 18.2 Å². The molecule has 5 nitrogen and oxygen atoms in total. The quantitative estimate of drug-likeness (QED) is 0.802. The SMILES string of the molecule is Cc1cc(C)cc(OCC(=O)O[C@H](C)C(=O)N[C@H]2CCCC[C@@H]2C)c1. The van der Waals surface area contributed by atoms with Crippen molar-refractivity contribution in [2.75, 3.05) is 6.61 Å². The Morgan fingerprint density at radius 3 is 2.44 bits per heavy atom. The van der Waals surface area contributed by atoms with Gasteiger partial charge in [-0.15, -0.1) is 0 Å². The summed E-state index contributed by atoms with van der Waals surface area (Å²) >= 11 is 0. The highest BCUT2D eigenvalue weighted by atomic mass is 16.6. The van der Waals surface area contributed by atoms with Gasteiger partial charge in [0.05, 0.1) is 0 Å². The largest absolute Gasteiger partial charge is 0.482 e. The average molecular weight is 347 g/mol. The normalized spacial score (nSPS) is 21.3. The summed E-state index contributed by atoms with van der Waals surface area (Å²) in [6, 6.07) is 5.93. The molecule has 0 spiro atoms. The Morgan fingerprint density at radius 1 is 1.16 bits per heavy atom. The molecule has 0 aromatic heterocycles. The third-order valence-electron chi connectivity index (χ3n) is 4.67. The lowest BCUT2D eigenvalue weighted by molar-refractivity contribution is -0.157. The molecule has 0 heterocycles. The summed E-state index contributed by atoms with van der Waals surface area (Å²) in [5.74, 6) is 0.313. The zero-order chi connectivity index (χ0) is 18.4. The van der Waals surface area contributed by atoms with Crippen molar-refractivity contribution in [2.24, 2.45) is 5.92 Å². The van der Waals surface area contributed by atoms with Crippen LogP contribution in [0.1, 0.15) is 50.7 Å². The zero-order valence-electron chi connectivity index (χ0n) is 15.6. The van der Waals surface area contributed by atoms with E-state index in [1.54, 1.807) is 6.92 Å². The van der Waals surface area contributed by atoms with Crippen LogP contribution in [-0.2, 0) is 14.3 Å². The molecule has 1 aliphatic rings. The molecule has 1 saturated carbocycles. The van der Waals surface area contributed by atoms with Crippen molar-refractivity contribution in [1.82, 2.24) is 5.32 Å². The number of aryl methyl sites for hydroxylation is 2. The smallest absolute Gasteiger partial charge is 0.344 e. The Bertz CT molecular complexity index is 593. The van der Waals surface area contributed by atoms with Gasteiger partial charge in [0.15, 0.2) is 12.7 Å². The molecule has 5 heteroatoms. The lowest BCUT2D eigenvalue weighted by atomic mass is 9.86. The summed E-state index contributed by atoms with van der Waals surface area (Å²) < 4.78 is 10.7. The van der Waals surface area contributed by atoms with Gasteiger partial charge in [0.25, 0.3) is 5.91 Å². The molecule has 1 aliphatic carbocycles. The summed E-state index contributed by atoms with van der Waals surface area (Å²) in [4.78, 5) is 24.2. The summed E-state index contributed by atoms with van der Waals surface area (Å²) in [7, 11) is 0. The first-order chi connectivity index (χ1) is 11.8. The van der Waals surface area contributed by atoms with Gasteiger partial charge < -0.3 is 14.8 Å². The number of nitrogens with one attached hydrogen (secondary N) is 1. The molecule has 0 radical (unpaired) electrons. The van der Waals surface area contributed by atoms with E-state index in [9.17, 15) is 9.59 Å². The molecule has 0 unspecified atom stereocenters. The number of rotatable bonds is 6. The van der Waals surface area contributed by atoms with E-state index in [1.165, 1.54) is 6.42 Å². The minimum absolute atomic E-state index is 0.175. The Hall–Kier alpha value is -2.04. The first-order valence-electron chi connectivity index (χ1n) is 9.06. The maximum Gasteiger partial charge on any atom is 0.344 e. The van der Waals surface area contributed by atoms with Gasteiger partial charge in [0, 0.05) is 6.04 Å². The van der Waals surface area contributed by atoms with Crippen molar-refractivity contribution < 1.29 is 19.1 Å². The van der Waals surface area contributed by atoms with Crippen molar-refractivity contribution in [2.45, 2.75) is 65.5 Å². The lowest BCUT2D eigenvalue weighted by Crippen LogP contribution is -2.46. The van der Waals surface area contributed by atoms with Gasteiger partial charge in [-0.1, -0.05) is 25.8 Å². The zero-order valence-corrected chi connectivity index (χ0v) is 15.6. The third-order valence-corrected chi connectivity index (χ3v) is 4.67.